The van der Waals surface area contributed by atoms with Gasteiger partial charge in [-0.2, -0.15) is 0 Å². The Morgan fingerprint density at radius 2 is 2.00 bits per heavy atom. The normalized spacial score (nSPS) is 22.4. The number of urea groups is 1. The van der Waals surface area contributed by atoms with Crippen LogP contribution in [0, 0.1) is 0 Å². The number of likely N-dealkylation sites (tertiary alicyclic amines) is 1. The monoisotopic (exact) mass is 378 g/mol. The number of hydrogen-bond acceptors (Lipinski definition) is 3. The molecular formula is C20H31ClN4O. The van der Waals surface area contributed by atoms with E-state index < -0.39 is 0 Å². The molecule has 0 bridgehead atoms. The first-order chi connectivity index (χ1) is 12.7. The van der Waals surface area contributed by atoms with Gasteiger partial charge in [0.2, 0.25) is 0 Å². The molecule has 2 heterocycles. The van der Waals surface area contributed by atoms with Crippen molar-refractivity contribution in [1.82, 2.24) is 20.0 Å². The summed E-state index contributed by atoms with van der Waals surface area (Å²) in [6.45, 7) is 9.50. The number of amides is 2. The zero-order valence-corrected chi connectivity index (χ0v) is 16.5. The van der Waals surface area contributed by atoms with Gasteiger partial charge in [-0.1, -0.05) is 37.1 Å². The van der Waals surface area contributed by atoms with Crippen molar-refractivity contribution in [2.45, 2.75) is 38.8 Å². The minimum atomic E-state index is 0.0917. The molecule has 1 aromatic rings. The van der Waals surface area contributed by atoms with Crippen LogP contribution in [0.3, 0.4) is 0 Å². The molecule has 2 fully saturated rings. The van der Waals surface area contributed by atoms with Gasteiger partial charge in [-0.3, -0.25) is 9.80 Å². The van der Waals surface area contributed by atoms with Crippen LogP contribution in [0.15, 0.2) is 24.3 Å². The number of carbonyl (C=O) groups excluding carboxylic acids is 1. The van der Waals surface area contributed by atoms with E-state index in [1.165, 1.54) is 31.4 Å². The Bertz CT molecular complexity index is 589. The second-order valence-electron chi connectivity index (χ2n) is 7.36. The Kier molecular flexibility index (Phi) is 7.17. The van der Waals surface area contributed by atoms with Gasteiger partial charge in [-0.25, -0.2) is 4.79 Å². The number of benzene rings is 1. The first kappa shape index (κ1) is 19.5. The van der Waals surface area contributed by atoms with Crippen molar-refractivity contribution in [2.24, 2.45) is 0 Å². The van der Waals surface area contributed by atoms with E-state index in [-0.39, 0.29) is 6.03 Å². The SMILES string of the molecule is CCN1CCCC[C@H]1CNC(=O)N1CCN(Cc2cccc(Cl)c2)CC1. The highest BCUT2D eigenvalue weighted by atomic mass is 35.5. The van der Waals surface area contributed by atoms with Gasteiger partial charge in [0.1, 0.15) is 0 Å². The lowest BCUT2D eigenvalue weighted by molar-refractivity contribution is 0.126. The zero-order chi connectivity index (χ0) is 18.4. The standard InChI is InChI=1S/C20H31ClN4O/c1-2-24-9-4-3-8-19(24)15-22-20(26)25-12-10-23(11-13-25)16-17-6-5-7-18(21)14-17/h5-7,14,19H,2-4,8-13,15-16H2,1H3,(H,22,26)/t19-/m0/s1. The number of halogens is 1. The van der Waals surface area contributed by atoms with Gasteiger partial charge >= 0.3 is 6.03 Å². The lowest BCUT2D eigenvalue weighted by atomic mass is 10.0. The minimum Gasteiger partial charge on any atom is -0.336 e. The summed E-state index contributed by atoms with van der Waals surface area (Å²) in [7, 11) is 0. The molecule has 0 aromatic heterocycles. The molecule has 2 amide bonds. The third-order valence-electron chi connectivity index (χ3n) is 5.60. The van der Waals surface area contributed by atoms with Gasteiger partial charge in [-0.05, 0) is 43.6 Å². The Balaban J connectivity index is 1.40. The van der Waals surface area contributed by atoms with Gasteiger partial charge < -0.3 is 10.2 Å². The first-order valence-electron chi connectivity index (χ1n) is 9.89. The van der Waals surface area contributed by atoms with Crippen molar-refractivity contribution in [3.05, 3.63) is 34.9 Å². The molecule has 3 rings (SSSR count). The smallest absolute Gasteiger partial charge is 0.317 e. The molecule has 26 heavy (non-hydrogen) atoms. The van der Waals surface area contributed by atoms with E-state index in [0.29, 0.717) is 6.04 Å². The first-order valence-corrected chi connectivity index (χ1v) is 10.3. The Hall–Kier alpha value is -1.30. The number of piperazine rings is 1. The average Bonchev–Trinajstić information content (AvgIpc) is 2.67. The highest BCUT2D eigenvalue weighted by Crippen LogP contribution is 2.16. The number of piperidine rings is 1. The number of nitrogens with zero attached hydrogens (tertiary/aromatic N) is 3. The Labute approximate surface area is 162 Å². The number of carbonyl (C=O) groups is 1. The molecule has 0 spiro atoms. The fourth-order valence-corrected chi connectivity index (χ4v) is 4.24. The van der Waals surface area contributed by atoms with Crippen LogP contribution in [0.25, 0.3) is 0 Å². The molecular weight excluding hydrogens is 348 g/mol. The van der Waals surface area contributed by atoms with Crippen molar-refractivity contribution in [3.63, 3.8) is 0 Å². The maximum absolute atomic E-state index is 12.5. The summed E-state index contributed by atoms with van der Waals surface area (Å²) in [5.41, 5.74) is 1.23. The molecule has 0 saturated carbocycles. The third-order valence-corrected chi connectivity index (χ3v) is 5.83. The molecule has 0 radical (unpaired) electrons. The van der Waals surface area contributed by atoms with Crippen molar-refractivity contribution >= 4 is 17.6 Å². The van der Waals surface area contributed by atoms with Crippen molar-refractivity contribution in [1.29, 1.82) is 0 Å². The number of likely N-dealkylation sites (N-methyl/N-ethyl adjacent to an activating group) is 1. The van der Waals surface area contributed by atoms with Crippen molar-refractivity contribution < 1.29 is 4.79 Å². The average molecular weight is 379 g/mol. The molecule has 2 saturated heterocycles. The van der Waals surface area contributed by atoms with E-state index in [1.54, 1.807) is 0 Å². The minimum absolute atomic E-state index is 0.0917. The van der Waals surface area contributed by atoms with E-state index >= 15 is 0 Å². The van der Waals surface area contributed by atoms with Crippen LogP contribution >= 0.6 is 11.6 Å². The Morgan fingerprint density at radius 3 is 2.73 bits per heavy atom. The largest absolute Gasteiger partial charge is 0.336 e. The highest BCUT2D eigenvalue weighted by Gasteiger charge is 2.24. The molecule has 2 aliphatic rings. The summed E-state index contributed by atoms with van der Waals surface area (Å²) in [4.78, 5) is 19.3. The molecule has 1 atom stereocenters. The predicted octanol–water partition coefficient (Wildman–Crippen LogP) is 3.04. The van der Waals surface area contributed by atoms with E-state index in [9.17, 15) is 4.79 Å². The summed E-state index contributed by atoms with van der Waals surface area (Å²) in [6.07, 6.45) is 3.76. The predicted molar refractivity (Wildman–Crippen MR) is 107 cm³/mol. The van der Waals surface area contributed by atoms with Crippen LogP contribution in [0.5, 0.6) is 0 Å². The van der Waals surface area contributed by atoms with Gasteiger partial charge in [0.05, 0.1) is 0 Å². The summed E-state index contributed by atoms with van der Waals surface area (Å²) in [6, 6.07) is 8.61. The second-order valence-corrected chi connectivity index (χ2v) is 7.79. The summed E-state index contributed by atoms with van der Waals surface area (Å²) >= 11 is 6.06. The summed E-state index contributed by atoms with van der Waals surface area (Å²) in [5.74, 6) is 0. The Morgan fingerprint density at radius 1 is 1.19 bits per heavy atom. The summed E-state index contributed by atoms with van der Waals surface area (Å²) < 4.78 is 0. The van der Waals surface area contributed by atoms with E-state index in [0.717, 1.165) is 50.8 Å². The number of hydrogen-bond donors (Lipinski definition) is 1. The topological polar surface area (TPSA) is 38.8 Å². The zero-order valence-electron chi connectivity index (χ0n) is 15.8. The number of nitrogens with one attached hydrogen (secondary N) is 1. The molecule has 6 heteroatoms. The molecule has 1 N–H and O–H groups in total. The lowest BCUT2D eigenvalue weighted by Gasteiger charge is -2.37. The van der Waals surface area contributed by atoms with Crippen LogP contribution in [0.1, 0.15) is 31.7 Å². The quantitative estimate of drug-likeness (QED) is 0.855. The fourth-order valence-electron chi connectivity index (χ4n) is 4.03. The van der Waals surface area contributed by atoms with Gasteiger partial charge in [0.15, 0.2) is 0 Å². The van der Waals surface area contributed by atoms with Gasteiger partial charge in [-0.15, -0.1) is 0 Å². The molecule has 0 aliphatic carbocycles. The maximum Gasteiger partial charge on any atom is 0.317 e. The van der Waals surface area contributed by atoms with Crippen molar-refractivity contribution in [3.8, 4) is 0 Å². The third kappa shape index (κ3) is 5.35. The van der Waals surface area contributed by atoms with E-state index in [4.69, 9.17) is 11.6 Å². The van der Waals surface area contributed by atoms with E-state index in [1.807, 2.05) is 23.1 Å². The van der Waals surface area contributed by atoms with Crippen LogP contribution in [0.2, 0.25) is 5.02 Å². The summed E-state index contributed by atoms with van der Waals surface area (Å²) in [5, 5.41) is 3.95. The van der Waals surface area contributed by atoms with E-state index in [2.05, 4.69) is 28.1 Å². The van der Waals surface area contributed by atoms with Gasteiger partial charge in [0, 0.05) is 50.3 Å². The number of rotatable bonds is 5. The van der Waals surface area contributed by atoms with Crippen LogP contribution < -0.4 is 5.32 Å². The van der Waals surface area contributed by atoms with Crippen LogP contribution in [0.4, 0.5) is 4.79 Å². The fraction of sp³-hybridized carbons (Fsp3) is 0.650. The lowest BCUT2D eigenvalue weighted by Crippen LogP contribution is -2.54. The van der Waals surface area contributed by atoms with Gasteiger partial charge in [0.25, 0.3) is 0 Å². The molecule has 5 nitrogen and oxygen atoms in total. The van der Waals surface area contributed by atoms with Crippen LogP contribution in [-0.4, -0.2) is 72.6 Å². The second kappa shape index (κ2) is 9.58. The highest BCUT2D eigenvalue weighted by molar-refractivity contribution is 6.30. The molecule has 0 unspecified atom stereocenters. The van der Waals surface area contributed by atoms with Crippen LogP contribution in [-0.2, 0) is 6.54 Å². The van der Waals surface area contributed by atoms with Crippen molar-refractivity contribution in [2.75, 3.05) is 45.8 Å². The molecule has 1 aromatic carbocycles. The maximum atomic E-state index is 12.5. The molecule has 144 valence electrons. The molecule has 2 aliphatic heterocycles.